The van der Waals surface area contributed by atoms with Gasteiger partial charge in [-0.2, -0.15) is 0 Å². The van der Waals surface area contributed by atoms with Gasteiger partial charge < -0.3 is 19.1 Å². The molecule has 28 heavy (non-hydrogen) atoms. The van der Waals surface area contributed by atoms with Gasteiger partial charge in [0.05, 0.1) is 16.8 Å². The summed E-state index contributed by atoms with van der Waals surface area (Å²) in [6, 6.07) is 9.52. The van der Waals surface area contributed by atoms with E-state index in [1.54, 1.807) is 0 Å². The zero-order valence-corrected chi connectivity index (χ0v) is 17.2. The molecule has 3 heterocycles. The first-order valence-electron chi connectivity index (χ1n) is 9.07. The minimum Gasteiger partial charge on any atom is -0.485 e. The lowest BCUT2D eigenvalue weighted by molar-refractivity contribution is -0.0759. The molecule has 0 saturated carbocycles. The van der Waals surface area contributed by atoms with Gasteiger partial charge in [0.1, 0.15) is 22.6 Å². The molecule has 2 unspecified atom stereocenters. The average molecular weight is 417 g/mol. The first kappa shape index (κ1) is 19.2. The second-order valence-corrected chi connectivity index (χ2v) is 8.05. The maximum Gasteiger partial charge on any atom is 0.193 e. The number of fused-ring (bicyclic) bond motifs is 1. The Kier molecular flexibility index (Phi) is 5.55. The van der Waals surface area contributed by atoms with Crippen LogP contribution in [0.2, 0.25) is 5.02 Å². The largest absolute Gasteiger partial charge is 0.485 e. The summed E-state index contributed by atoms with van der Waals surface area (Å²) >= 11 is 7.75. The molecule has 7 heteroatoms. The van der Waals surface area contributed by atoms with E-state index in [4.69, 9.17) is 21.1 Å². The van der Waals surface area contributed by atoms with Gasteiger partial charge in [0.25, 0.3) is 0 Å². The highest BCUT2D eigenvalue weighted by molar-refractivity contribution is 7.15. The smallest absolute Gasteiger partial charge is 0.193 e. The zero-order valence-electron chi connectivity index (χ0n) is 15.6. The number of ether oxygens (including phenoxy) is 2. The SMILES string of the molecule is COC(O)c1sc(-c2cnc3n2C=CCC3)cc1OC(C)c1ccccc1Cl. The fraction of sp³-hybridized carbons (Fsp3) is 0.286. The van der Waals surface area contributed by atoms with Gasteiger partial charge in [-0.25, -0.2) is 4.98 Å². The van der Waals surface area contributed by atoms with Gasteiger partial charge in [-0.15, -0.1) is 11.3 Å². The summed E-state index contributed by atoms with van der Waals surface area (Å²) in [6.45, 7) is 1.94. The van der Waals surface area contributed by atoms with Crippen LogP contribution in [-0.4, -0.2) is 21.8 Å². The number of halogens is 1. The van der Waals surface area contributed by atoms with Crippen LogP contribution in [0.3, 0.4) is 0 Å². The van der Waals surface area contributed by atoms with E-state index in [9.17, 15) is 5.11 Å². The Morgan fingerprint density at radius 2 is 2.14 bits per heavy atom. The van der Waals surface area contributed by atoms with Crippen molar-refractivity contribution in [1.82, 2.24) is 9.55 Å². The van der Waals surface area contributed by atoms with Crippen molar-refractivity contribution in [2.45, 2.75) is 32.2 Å². The number of aliphatic hydroxyl groups excluding tert-OH is 1. The summed E-state index contributed by atoms with van der Waals surface area (Å²) in [5.41, 5.74) is 1.86. The van der Waals surface area contributed by atoms with E-state index >= 15 is 0 Å². The van der Waals surface area contributed by atoms with Crippen molar-refractivity contribution in [2.24, 2.45) is 0 Å². The molecular formula is C21H21ClN2O3S. The fourth-order valence-electron chi connectivity index (χ4n) is 3.27. The summed E-state index contributed by atoms with van der Waals surface area (Å²) in [4.78, 5) is 6.10. The molecule has 0 bridgehead atoms. The van der Waals surface area contributed by atoms with Crippen molar-refractivity contribution < 1.29 is 14.6 Å². The highest BCUT2D eigenvalue weighted by Gasteiger charge is 2.23. The summed E-state index contributed by atoms with van der Waals surface area (Å²) < 4.78 is 13.4. The van der Waals surface area contributed by atoms with Crippen molar-refractivity contribution in [1.29, 1.82) is 0 Å². The van der Waals surface area contributed by atoms with E-state index in [0.29, 0.717) is 15.6 Å². The minimum absolute atomic E-state index is 0.279. The van der Waals surface area contributed by atoms with E-state index in [1.807, 2.05) is 49.7 Å². The minimum atomic E-state index is -1.06. The molecule has 0 aliphatic carbocycles. The van der Waals surface area contributed by atoms with E-state index in [0.717, 1.165) is 34.8 Å². The topological polar surface area (TPSA) is 56.5 Å². The van der Waals surface area contributed by atoms with E-state index < -0.39 is 6.29 Å². The van der Waals surface area contributed by atoms with Crippen LogP contribution in [0.4, 0.5) is 0 Å². The van der Waals surface area contributed by atoms with Gasteiger partial charge >= 0.3 is 0 Å². The monoisotopic (exact) mass is 416 g/mol. The highest BCUT2D eigenvalue weighted by atomic mass is 35.5. The Hall–Kier alpha value is -2.12. The van der Waals surface area contributed by atoms with Crippen LogP contribution >= 0.6 is 22.9 Å². The first-order chi connectivity index (χ1) is 13.6. The predicted octanol–water partition coefficient (Wildman–Crippen LogP) is 5.46. The highest BCUT2D eigenvalue weighted by Crippen LogP contribution is 2.42. The van der Waals surface area contributed by atoms with Crippen LogP contribution in [0.1, 0.15) is 42.0 Å². The van der Waals surface area contributed by atoms with Crippen molar-refractivity contribution in [3.05, 3.63) is 63.9 Å². The Morgan fingerprint density at radius 3 is 2.93 bits per heavy atom. The molecule has 1 aliphatic rings. The first-order valence-corrected chi connectivity index (χ1v) is 10.3. The third-order valence-corrected chi connectivity index (χ3v) is 6.25. The average Bonchev–Trinajstić information content (AvgIpc) is 3.31. The number of benzene rings is 1. The molecule has 146 valence electrons. The lowest BCUT2D eigenvalue weighted by atomic mass is 10.1. The number of methoxy groups -OCH3 is 1. The zero-order chi connectivity index (χ0) is 19.7. The number of aliphatic hydroxyl groups is 1. The number of hydrogen-bond acceptors (Lipinski definition) is 5. The Bertz CT molecular complexity index is 1010. The van der Waals surface area contributed by atoms with Gasteiger partial charge in [0.15, 0.2) is 6.29 Å². The predicted molar refractivity (Wildman–Crippen MR) is 112 cm³/mol. The lowest BCUT2D eigenvalue weighted by Gasteiger charge is -2.17. The summed E-state index contributed by atoms with van der Waals surface area (Å²) in [5.74, 6) is 1.61. The molecule has 0 amide bonds. The van der Waals surface area contributed by atoms with Crippen molar-refractivity contribution in [2.75, 3.05) is 7.11 Å². The number of allylic oxidation sites excluding steroid dienone is 1. The molecule has 0 radical (unpaired) electrons. The molecule has 2 aromatic heterocycles. The molecule has 3 aromatic rings. The quantitative estimate of drug-likeness (QED) is 0.542. The lowest BCUT2D eigenvalue weighted by Crippen LogP contribution is -2.06. The molecule has 0 fully saturated rings. The van der Waals surface area contributed by atoms with Crippen LogP contribution in [0.5, 0.6) is 5.75 Å². The molecular weight excluding hydrogens is 396 g/mol. The number of rotatable bonds is 6. The molecule has 1 aromatic carbocycles. The number of thiophene rings is 1. The van der Waals surface area contributed by atoms with Crippen molar-refractivity contribution in [3.63, 3.8) is 0 Å². The van der Waals surface area contributed by atoms with Crippen LogP contribution in [0.25, 0.3) is 16.8 Å². The van der Waals surface area contributed by atoms with E-state index in [2.05, 4.69) is 15.6 Å². The Morgan fingerprint density at radius 1 is 1.32 bits per heavy atom. The van der Waals surface area contributed by atoms with E-state index in [-0.39, 0.29) is 6.10 Å². The number of hydrogen-bond donors (Lipinski definition) is 1. The van der Waals surface area contributed by atoms with Gasteiger partial charge in [-0.3, -0.25) is 0 Å². The van der Waals surface area contributed by atoms with E-state index in [1.165, 1.54) is 18.4 Å². The van der Waals surface area contributed by atoms with Crippen molar-refractivity contribution >= 4 is 29.1 Å². The number of aryl methyl sites for hydroxylation is 1. The molecule has 1 N–H and O–H groups in total. The third-order valence-electron chi connectivity index (χ3n) is 4.73. The van der Waals surface area contributed by atoms with Gasteiger partial charge in [-0.1, -0.05) is 35.9 Å². The van der Waals surface area contributed by atoms with Gasteiger partial charge in [-0.05, 0) is 19.4 Å². The molecule has 4 rings (SSSR count). The Balaban J connectivity index is 1.70. The van der Waals surface area contributed by atoms with Gasteiger partial charge in [0, 0.05) is 36.4 Å². The molecule has 5 nitrogen and oxygen atoms in total. The normalized spacial score (nSPS) is 15.3. The molecule has 0 spiro atoms. The maximum absolute atomic E-state index is 10.3. The fourth-order valence-corrected chi connectivity index (χ4v) is 4.62. The second kappa shape index (κ2) is 8.09. The molecule has 1 aliphatic heterocycles. The van der Waals surface area contributed by atoms with Crippen LogP contribution in [0.15, 0.2) is 42.6 Å². The molecule has 2 atom stereocenters. The van der Waals surface area contributed by atoms with Crippen LogP contribution in [0, 0.1) is 0 Å². The summed E-state index contributed by atoms with van der Waals surface area (Å²) in [7, 11) is 1.47. The number of imidazole rings is 1. The third kappa shape index (κ3) is 3.61. The summed E-state index contributed by atoms with van der Waals surface area (Å²) in [5, 5.41) is 11.0. The Labute approximate surface area is 172 Å². The van der Waals surface area contributed by atoms with Gasteiger partial charge in [0.2, 0.25) is 0 Å². The number of nitrogens with zero attached hydrogens (tertiary/aromatic N) is 2. The number of aromatic nitrogens is 2. The van der Waals surface area contributed by atoms with Crippen LogP contribution in [-0.2, 0) is 11.2 Å². The molecule has 0 saturated heterocycles. The second-order valence-electron chi connectivity index (χ2n) is 6.56. The van der Waals surface area contributed by atoms with Crippen molar-refractivity contribution in [3.8, 4) is 16.3 Å². The maximum atomic E-state index is 10.3. The van der Waals surface area contributed by atoms with Crippen LogP contribution < -0.4 is 4.74 Å². The standard InChI is InChI=1S/C21H21ClN2O3S/c1-13(14-7-3-4-8-15(14)22)27-17-11-18(28-20(17)21(25)26-2)16-12-23-19-9-5-6-10-24(16)19/h3-4,6-8,10-13,21,25H,5,9H2,1-2H3. The summed E-state index contributed by atoms with van der Waals surface area (Å²) in [6.07, 6.45) is 6.61.